The third-order valence-corrected chi connectivity index (χ3v) is 5.74. The van der Waals surface area contributed by atoms with Gasteiger partial charge in [0.15, 0.2) is 0 Å². The van der Waals surface area contributed by atoms with E-state index in [0.717, 1.165) is 13.1 Å². The van der Waals surface area contributed by atoms with Gasteiger partial charge < -0.3 is 14.8 Å². The molecule has 0 unspecified atom stereocenters. The number of nitrogens with zero attached hydrogens (tertiary/aromatic N) is 5. The molecule has 1 aliphatic rings. The van der Waals surface area contributed by atoms with Crippen LogP contribution in [0.3, 0.4) is 0 Å². The van der Waals surface area contributed by atoms with E-state index in [4.69, 9.17) is 0 Å². The van der Waals surface area contributed by atoms with Gasteiger partial charge >= 0.3 is 0 Å². The van der Waals surface area contributed by atoms with Crippen LogP contribution in [0.15, 0.2) is 59.5 Å². The number of piperazine rings is 1. The molecule has 0 bridgehead atoms. The van der Waals surface area contributed by atoms with E-state index in [0.29, 0.717) is 46.5 Å². The highest BCUT2D eigenvalue weighted by molar-refractivity contribution is 5.94. The van der Waals surface area contributed by atoms with Crippen molar-refractivity contribution >= 4 is 16.8 Å². The van der Waals surface area contributed by atoms with Crippen molar-refractivity contribution in [3.05, 3.63) is 76.5 Å². The maximum atomic E-state index is 13.6. The highest BCUT2D eigenvalue weighted by atomic mass is 19.1. The van der Waals surface area contributed by atoms with Crippen molar-refractivity contribution in [3.63, 3.8) is 0 Å². The molecule has 2 aromatic heterocycles. The van der Waals surface area contributed by atoms with Gasteiger partial charge in [-0.25, -0.2) is 9.07 Å². The third kappa shape index (κ3) is 3.78. The minimum atomic E-state index is -0.384. The maximum Gasteiger partial charge on any atom is 0.258 e. The molecule has 9 heteroatoms. The van der Waals surface area contributed by atoms with E-state index in [9.17, 15) is 14.0 Å². The Morgan fingerprint density at radius 2 is 1.78 bits per heavy atom. The van der Waals surface area contributed by atoms with Gasteiger partial charge in [0.05, 0.1) is 17.4 Å². The minimum Gasteiger partial charge on any atom is -0.336 e. The van der Waals surface area contributed by atoms with Crippen LogP contribution in [0.2, 0.25) is 0 Å². The zero-order valence-electron chi connectivity index (χ0n) is 17.5. The lowest BCUT2D eigenvalue weighted by Crippen LogP contribution is -2.47. The maximum absolute atomic E-state index is 13.6. The molecule has 1 amide bonds. The normalized spacial score (nSPS) is 14.8. The molecular formula is C23H21FN6O2. The molecule has 0 radical (unpaired) electrons. The van der Waals surface area contributed by atoms with E-state index in [1.807, 2.05) is 11.9 Å². The van der Waals surface area contributed by atoms with E-state index in [2.05, 4.69) is 20.2 Å². The van der Waals surface area contributed by atoms with Crippen molar-refractivity contribution in [2.45, 2.75) is 0 Å². The number of carbonyl (C=O) groups excluding carboxylic acids is 1. The predicted octanol–water partition coefficient (Wildman–Crippen LogP) is 2.30. The fourth-order valence-electron chi connectivity index (χ4n) is 3.83. The Balaban J connectivity index is 1.39. The average Bonchev–Trinajstić information content (AvgIpc) is 3.29. The molecule has 0 spiro atoms. The third-order valence-electron chi connectivity index (χ3n) is 5.74. The lowest BCUT2D eigenvalue weighted by Gasteiger charge is -2.32. The molecule has 162 valence electrons. The van der Waals surface area contributed by atoms with Gasteiger partial charge in [0.1, 0.15) is 11.5 Å². The molecule has 0 atom stereocenters. The van der Waals surface area contributed by atoms with Crippen molar-refractivity contribution in [1.29, 1.82) is 0 Å². The van der Waals surface area contributed by atoms with Gasteiger partial charge in [-0.3, -0.25) is 9.59 Å². The van der Waals surface area contributed by atoms with Crippen molar-refractivity contribution in [2.75, 3.05) is 33.2 Å². The first-order valence-electron chi connectivity index (χ1n) is 10.3. The number of nitrogens with one attached hydrogen (secondary N) is 1. The second-order valence-electron chi connectivity index (χ2n) is 7.93. The van der Waals surface area contributed by atoms with Gasteiger partial charge in [-0.1, -0.05) is 5.21 Å². The Kier molecular flexibility index (Phi) is 5.02. The average molecular weight is 432 g/mol. The first kappa shape index (κ1) is 20.1. The number of carbonyl (C=O) groups is 1. The van der Waals surface area contributed by atoms with Crippen LogP contribution in [0.1, 0.15) is 10.4 Å². The van der Waals surface area contributed by atoms with Gasteiger partial charge in [-0.15, -0.1) is 5.10 Å². The number of aromatic amines is 1. The number of rotatable bonds is 3. The van der Waals surface area contributed by atoms with Crippen LogP contribution in [0, 0.1) is 5.82 Å². The summed E-state index contributed by atoms with van der Waals surface area (Å²) in [6.07, 6.45) is 1.63. The summed E-state index contributed by atoms with van der Waals surface area (Å²) in [6, 6.07) is 12.9. The fraction of sp³-hybridized carbons (Fsp3) is 0.217. The summed E-state index contributed by atoms with van der Waals surface area (Å²) in [6.45, 7) is 3.17. The van der Waals surface area contributed by atoms with Crippen molar-refractivity contribution in [3.8, 4) is 16.9 Å². The van der Waals surface area contributed by atoms with Crippen LogP contribution >= 0.6 is 0 Å². The zero-order chi connectivity index (χ0) is 22.2. The van der Waals surface area contributed by atoms with Crippen molar-refractivity contribution in [2.24, 2.45) is 0 Å². The quantitative estimate of drug-likeness (QED) is 0.537. The number of pyridine rings is 1. The summed E-state index contributed by atoms with van der Waals surface area (Å²) in [5, 5.41) is 8.79. The molecule has 3 heterocycles. The Morgan fingerprint density at radius 3 is 2.53 bits per heavy atom. The van der Waals surface area contributed by atoms with Gasteiger partial charge in [-0.2, -0.15) is 0 Å². The Labute approximate surface area is 182 Å². The molecule has 2 aromatic carbocycles. The summed E-state index contributed by atoms with van der Waals surface area (Å²) in [5.74, 6) is -0.371. The van der Waals surface area contributed by atoms with E-state index in [1.54, 1.807) is 36.5 Å². The molecule has 4 aromatic rings. The van der Waals surface area contributed by atoms with Crippen LogP contribution in [0.4, 0.5) is 4.39 Å². The summed E-state index contributed by atoms with van der Waals surface area (Å²) < 4.78 is 15.1. The SMILES string of the molecule is CN1CCN(C(=O)c2ccc(-n3cc(-c4cc5cc(F)ccc5[nH]c4=O)nn3)cc2)CC1. The van der Waals surface area contributed by atoms with E-state index >= 15 is 0 Å². The summed E-state index contributed by atoms with van der Waals surface area (Å²) in [7, 11) is 2.05. The molecule has 0 saturated carbocycles. The van der Waals surface area contributed by atoms with E-state index in [1.165, 1.54) is 22.9 Å². The largest absolute Gasteiger partial charge is 0.336 e. The van der Waals surface area contributed by atoms with Crippen LogP contribution in [-0.4, -0.2) is 68.9 Å². The van der Waals surface area contributed by atoms with Crippen LogP contribution < -0.4 is 5.56 Å². The van der Waals surface area contributed by atoms with Crippen LogP contribution in [-0.2, 0) is 0 Å². The smallest absolute Gasteiger partial charge is 0.258 e. The molecule has 0 aliphatic carbocycles. The molecular weight excluding hydrogens is 411 g/mol. The predicted molar refractivity (Wildman–Crippen MR) is 118 cm³/mol. The Morgan fingerprint density at radius 1 is 1.03 bits per heavy atom. The summed E-state index contributed by atoms with van der Waals surface area (Å²) >= 11 is 0. The number of fused-ring (bicyclic) bond motifs is 1. The van der Waals surface area contributed by atoms with Gasteiger partial charge in [0, 0.05) is 42.6 Å². The molecule has 1 N–H and O–H groups in total. The number of likely N-dealkylation sites (N-methyl/N-ethyl adjacent to an activating group) is 1. The topological polar surface area (TPSA) is 87.1 Å². The first-order valence-corrected chi connectivity index (χ1v) is 10.3. The highest BCUT2D eigenvalue weighted by Gasteiger charge is 2.20. The van der Waals surface area contributed by atoms with Crippen molar-refractivity contribution in [1.82, 2.24) is 29.8 Å². The number of H-pyrrole nitrogens is 1. The summed E-state index contributed by atoms with van der Waals surface area (Å²) in [4.78, 5) is 32.0. The van der Waals surface area contributed by atoms with Crippen LogP contribution in [0.5, 0.6) is 0 Å². The first-order chi connectivity index (χ1) is 15.5. The minimum absolute atomic E-state index is 0.0128. The second-order valence-corrected chi connectivity index (χ2v) is 7.93. The van der Waals surface area contributed by atoms with Gasteiger partial charge in [0.2, 0.25) is 0 Å². The number of hydrogen-bond donors (Lipinski definition) is 1. The number of amides is 1. The monoisotopic (exact) mass is 432 g/mol. The van der Waals surface area contributed by atoms with Gasteiger partial charge in [0.25, 0.3) is 11.5 Å². The van der Waals surface area contributed by atoms with Gasteiger partial charge in [-0.05, 0) is 55.6 Å². The number of aromatic nitrogens is 4. The van der Waals surface area contributed by atoms with E-state index in [-0.39, 0.29) is 17.3 Å². The number of hydrogen-bond acceptors (Lipinski definition) is 5. The molecule has 1 aliphatic heterocycles. The Hall–Kier alpha value is -3.85. The molecule has 32 heavy (non-hydrogen) atoms. The van der Waals surface area contributed by atoms with E-state index < -0.39 is 0 Å². The van der Waals surface area contributed by atoms with Crippen LogP contribution in [0.25, 0.3) is 27.8 Å². The lowest BCUT2D eigenvalue weighted by atomic mass is 10.1. The number of benzene rings is 2. The molecule has 1 fully saturated rings. The second kappa shape index (κ2) is 8.01. The van der Waals surface area contributed by atoms with Crippen molar-refractivity contribution < 1.29 is 9.18 Å². The number of halogens is 1. The Bertz CT molecular complexity index is 1350. The lowest BCUT2D eigenvalue weighted by molar-refractivity contribution is 0.0664. The highest BCUT2D eigenvalue weighted by Crippen LogP contribution is 2.20. The fourth-order valence-corrected chi connectivity index (χ4v) is 3.83. The molecule has 5 rings (SSSR count). The summed E-state index contributed by atoms with van der Waals surface area (Å²) in [5.41, 5.74) is 2.22. The molecule has 8 nitrogen and oxygen atoms in total. The zero-order valence-corrected chi connectivity index (χ0v) is 17.5. The molecule has 1 saturated heterocycles. The standard InChI is InChI=1S/C23H21FN6O2/c1-28-8-10-29(11-9-28)23(32)15-2-5-18(6-3-15)30-14-21(26-27-30)19-13-16-12-17(24)4-7-20(16)25-22(19)31/h2-7,12-14H,8-11H2,1H3,(H,25,31).